The minimum atomic E-state index is -0.220. The predicted molar refractivity (Wildman–Crippen MR) is 87.1 cm³/mol. The Morgan fingerprint density at radius 2 is 2.14 bits per heavy atom. The molecule has 0 spiro atoms. The molecule has 0 bridgehead atoms. The fourth-order valence-corrected chi connectivity index (χ4v) is 2.90. The number of aromatic nitrogens is 2. The summed E-state index contributed by atoms with van der Waals surface area (Å²) < 4.78 is 1.43. The van der Waals surface area contributed by atoms with E-state index in [9.17, 15) is 4.79 Å². The van der Waals surface area contributed by atoms with Gasteiger partial charge in [0.15, 0.2) is 0 Å². The van der Waals surface area contributed by atoms with Crippen LogP contribution >= 0.6 is 11.6 Å². The van der Waals surface area contributed by atoms with Crippen LogP contribution in [0.4, 0.5) is 5.69 Å². The molecule has 6 heteroatoms. The Kier molecular flexibility index (Phi) is 4.94. The third-order valence-electron chi connectivity index (χ3n) is 4.36. The van der Waals surface area contributed by atoms with Crippen molar-refractivity contribution in [3.63, 3.8) is 0 Å². The average molecular weight is 313 g/mol. The van der Waals surface area contributed by atoms with Gasteiger partial charge in [0, 0.05) is 18.6 Å². The van der Waals surface area contributed by atoms with Gasteiger partial charge in [0.05, 0.1) is 11.9 Å². The summed E-state index contributed by atoms with van der Waals surface area (Å²) in [6.07, 6.45) is 5.25. The van der Waals surface area contributed by atoms with Gasteiger partial charge in [0.2, 0.25) is 0 Å². The molecule has 5 nitrogen and oxygen atoms in total. The van der Waals surface area contributed by atoms with Crippen molar-refractivity contribution in [1.29, 1.82) is 0 Å². The number of nitrogens with one attached hydrogen (secondary N) is 1. The van der Waals surface area contributed by atoms with Gasteiger partial charge < -0.3 is 10.2 Å². The van der Waals surface area contributed by atoms with Crippen LogP contribution in [0.25, 0.3) is 0 Å². The van der Waals surface area contributed by atoms with Gasteiger partial charge in [0.1, 0.15) is 5.02 Å². The van der Waals surface area contributed by atoms with Crippen LogP contribution in [0.2, 0.25) is 5.02 Å². The Balaban J connectivity index is 2.11. The summed E-state index contributed by atoms with van der Waals surface area (Å²) in [6, 6.07) is 0. The largest absolute Gasteiger partial charge is 0.381 e. The van der Waals surface area contributed by atoms with Gasteiger partial charge in [-0.3, -0.25) is 4.79 Å². The van der Waals surface area contributed by atoms with Crippen LogP contribution in [0.1, 0.15) is 33.1 Å². The highest BCUT2D eigenvalue weighted by Crippen LogP contribution is 2.36. The number of anilines is 1. The Morgan fingerprint density at radius 1 is 1.48 bits per heavy atom. The van der Waals surface area contributed by atoms with Gasteiger partial charge in [-0.25, -0.2) is 4.68 Å². The summed E-state index contributed by atoms with van der Waals surface area (Å²) in [6.45, 7) is 5.47. The van der Waals surface area contributed by atoms with Gasteiger partial charge in [-0.1, -0.05) is 25.4 Å². The molecule has 1 heterocycles. The zero-order valence-corrected chi connectivity index (χ0v) is 14.1. The smallest absolute Gasteiger partial charge is 0.287 e. The summed E-state index contributed by atoms with van der Waals surface area (Å²) in [5.41, 5.74) is 0.591. The predicted octanol–water partition coefficient (Wildman–Crippen LogP) is 2.45. The van der Waals surface area contributed by atoms with E-state index in [4.69, 9.17) is 11.6 Å². The standard InChI is InChI=1S/C15H25ClN4O/c1-11(2)9-20-14(21)13(16)12(8-18-20)17-10-15(19(3)4)6-5-7-15/h8,11,17H,5-7,9-10H2,1-4H3. The monoisotopic (exact) mass is 312 g/mol. The van der Waals surface area contributed by atoms with E-state index in [-0.39, 0.29) is 16.1 Å². The number of hydrogen-bond donors (Lipinski definition) is 1. The van der Waals surface area contributed by atoms with Crippen LogP contribution in [-0.2, 0) is 6.54 Å². The average Bonchev–Trinajstić information content (AvgIpc) is 2.35. The second-order valence-electron chi connectivity index (χ2n) is 6.58. The van der Waals surface area contributed by atoms with Crippen molar-refractivity contribution in [3.05, 3.63) is 21.6 Å². The molecule has 1 aromatic rings. The van der Waals surface area contributed by atoms with Crippen LogP contribution in [-0.4, -0.2) is 40.9 Å². The van der Waals surface area contributed by atoms with Crippen LogP contribution in [0.5, 0.6) is 0 Å². The summed E-state index contributed by atoms with van der Waals surface area (Å²) in [4.78, 5) is 14.4. The van der Waals surface area contributed by atoms with Gasteiger partial charge >= 0.3 is 0 Å². The maximum atomic E-state index is 12.2. The molecule has 1 N–H and O–H groups in total. The summed E-state index contributed by atoms with van der Waals surface area (Å²) in [5, 5.41) is 7.76. The minimum absolute atomic E-state index is 0.177. The summed E-state index contributed by atoms with van der Waals surface area (Å²) >= 11 is 6.20. The molecule has 0 saturated heterocycles. The first-order valence-electron chi connectivity index (χ1n) is 7.53. The molecule has 1 aromatic heterocycles. The molecule has 0 atom stereocenters. The lowest BCUT2D eigenvalue weighted by Gasteiger charge is -2.47. The SMILES string of the molecule is CC(C)Cn1ncc(NCC2(N(C)C)CCC2)c(Cl)c1=O. The van der Waals surface area contributed by atoms with Crippen molar-refractivity contribution in [2.75, 3.05) is 26.0 Å². The van der Waals surface area contributed by atoms with Gasteiger partial charge in [-0.15, -0.1) is 0 Å². The zero-order valence-electron chi connectivity index (χ0n) is 13.3. The lowest BCUT2D eigenvalue weighted by Crippen LogP contribution is -2.54. The van der Waals surface area contributed by atoms with E-state index < -0.39 is 0 Å². The normalized spacial score (nSPS) is 17.1. The Labute approximate surface area is 131 Å². The Bertz CT molecular complexity index is 549. The maximum absolute atomic E-state index is 12.2. The molecule has 0 aromatic carbocycles. The summed E-state index contributed by atoms with van der Waals surface area (Å²) in [5.74, 6) is 0.358. The molecule has 0 aliphatic heterocycles. The fraction of sp³-hybridized carbons (Fsp3) is 0.733. The van der Waals surface area contributed by atoms with E-state index in [1.165, 1.54) is 23.9 Å². The van der Waals surface area contributed by atoms with E-state index in [2.05, 4.69) is 29.4 Å². The van der Waals surface area contributed by atoms with E-state index in [0.717, 1.165) is 6.54 Å². The van der Waals surface area contributed by atoms with Crippen molar-refractivity contribution in [1.82, 2.24) is 14.7 Å². The second kappa shape index (κ2) is 6.36. The molecule has 1 aliphatic carbocycles. The van der Waals surface area contributed by atoms with Gasteiger partial charge in [0.25, 0.3) is 5.56 Å². The quantitative estimate of drug-likeness (QED) is 0.876. The zero-order chi connectivity index (χ0) is 15.6. The molecular weight excluding hydrogens is 288 g/mol. The lowest BCUT2D eigenvalue weighted by molar-refractivity contribution is 0.0739. The van der Waals surface area contributed by atoms with E-state index >= 15 is 0 Å². The number of likely N-dealkylation sites (N-methyl/N-ethyl adjacent to an activating group) is 1. The van der Waals surface area contributed by atoms with Crippen molar-refractivity contribution >= 4 is 17.3 Å². The highest BCUT2D eigenvalue weighted by atomic mass is 35.5. The van der Waals surface area contributed by atoms with Crippen LogP contribution < -0.4 is 10.9 Å². The van der Waals surface area contributed by atoms with E-state index in [1.54, 1.807) is 6.20 Å². The first-order chi connectivity index (χ1) is 9.85. The van der Waals surface area contributed by atoms with Crippen LogP contribution in [0.15, 0.2) is 11.0 Å². The number of halogens is 1. The second-order valence-corrected chi connectivity index (χ2v) is 6.96. The van der Waals surface area contributed by atoms with Gasteiger partial charge in [-0.05, 0) is 39.3 Å². The molecule has 0 unspecified atom stereocenters. The highest BCUT2D eigenvalue weighted by Gasteiger charge is 2.38. The maximum Gasteiger partial charge on any atom is 0.287 e. The number of nitrogens with zero attached hydrogens (tertiary/aromatic N) is 3. The topological polar surface area (TPSA) is 50.2 Å². The van der Waals surface area contributed by atoms with Crippen molar-refractivity contribution in [2.45, 2.75) is 45.2 Å². The molecule has 2 rings (SSSR count). The molecule has 1 aliphatic rings. The Hall–Kier alpha value is -1.07. The van der Waals surface area contributed by atoms with Crippen LogP contribution in [0, 0.1) is 5.92 Å². The molecule has 0 amide bonds. The van der Waals surface area contributed by atoms with Crippen molar-refractivity contribution in [3.8, 4) is 0 Å². The third-order valence-corrected chi connectivity index (χ3v) is 4.73. The molecular formula is C15H25ClN4O. The molecule has 118 valence electrons. The van der Waals surface area contributed by atoms with Crippen LogP contribution in [0.3, 0.4) is 0 Å². The first kappa shape index (κ1) is 16.3. The van der Waals surface area contributed by atoms with Crippen molar-refractivity contribution in [2.24, 2.45) is 5.92 Å². The summed E-state index contributed by atoms with van der Waals surface area (Å²) in [7, 11) is 4.20. The van der Waals surface area contributed by atoms with Crippen molar-refractivity contribution < 1.29 is 0 Å². The van der Waals surface area contributed by atoms with Gasteiger partial charge in [-0.2, -0.15) is 5.10 Å². The van der Waals surface area contributed by atoms with E-state index in [1.807, 2.05) is 13.8 Å². The number of hydrogen-bond acceptors (Lipinski definition) is 4. The number of rotatable bonds is 6. The first-order valence-corrected chi connectivity index (χ1v) is 7.90. The molecule has 1 fully saturated rings. The Morgan fingerprint density at radius 3 is 2.62 bits per heavy atom. The molecule has 1 saturated carbocycles. The lowest BCUT2D eigenvalue weighted by atomic mass is 9.75. The molecule has 0 radical (unpaired) electrons. The fourth-order valence-electron chi connectivity index (χ4n) is 2.69. The third kappa shape index (κ3) is 3.40. The van der Waals surface area contributed by atoms with E-state index in [0.29, 0.717) is 18.2 Å². The molecule has 21 heavy (non-hydrogen) atoms. The minimum Gasteiger partial charge on any atom is -0.381 e. The highest BCUT2D eigenvalue weighted by molar-refractivity contribution is 6.32.